The van der Waals surface area contributed by atoms with E-state index in [9.17, 15) is 8.78 Å². The first-order valence-corrected chi connectivity index (χ1v) is 1.86. The van der Waals surface area contributed by atoms with E-state index in [0.29, 0.717) is 0 Å². The fraction of sp³-hybridized carbons (Fsp3) is 0.333. The highest BCUT2D eigenvalue weighted by atomic mass is 79.9. The van der Waals surface area contributed by atoms with Crippen LogP contribution in [0.4, 0.5) is 8.78 Å². The molecule has 0 aliphatic rings. The lowest BCUT2D eigenvalue weighted by Crippen LogP contribution is -1.96. The fourth-order valence-corrected chi connectivity index (χ4v) is 0. The van der Waals surface area contributed by atoms with Crippen LogP contribution in [-0.4, -0.2) is 4.83 Å². The van der Waals surface area contributed by atoms with Gasteiger partial charge in [-0.3, -0.25) is 0 Å². The summed E-state index contributed by atoms with van der Waals surface area (Å²) < 4.78 is 22.1. The van der Waals surface area contributed by atoms with E-state index in [-0.39, 0.29) is 0 Å². The monoisotopic (exact) mass is 153 g/mol. The average molecular weight is 154 g/mol. The smallest absolute Gasteiger partial charge is 0.180 e. The van der Waals surface area contributed by atoms with Crippen molar-refractivity contribution in [2.45, 2.75) is 4.83 Å². The van der Waals surface area contributed by atoms with Crippen molar-refractivity contribution < 1.29 is 8.78 Å². The molecule has 0 aliphatic heterocycles. The van der Waals surface area contributed by atoms with Crippen molar-refractivity contribution in [1.82, 2.24) is 0 Å². The van der Waals surface area contributed by atoms with Gasteiger partial charge in [-0.05, 0) is 12.3 Å². The third kappa shape index (κ3) is 3.90. The van der Waals surface area contributed by atoms with E-state index in [2.05, 4.69) is 0 Å². The summed E-state index contributed by atoms with van der Waals surface area (Å²) in [6.45, 7) is 0. The van der Waals surface area contributed by atoms with Crippen LogP contribution in [0.15, 0.2) is 0 Å². The van der Waals surface area contributed by atoms with Gasteiger partial charge in [-0.2, -0.15) is 8.78 Å². The van der Waals surface area contributed by atoms with Gasteiger partial charge in [0.05, 0.1) is 0 Å². The molecule has 0 atom stereocenters. The van der Waals surface area contributed by atoms with Gasteiger partial charge < -0.3 is 0 Å². The van der Waals surface area contributed by atoms with Crippen molar-refractivity contribution in [2.24, 2.45) is 0 Å². The summed E-state index contributed by atoms with van der Waals surface area (Å²) in [5.74, 6) is 0.938. The fourth-order valence-electron chi connectivity index (χ4n) is 0. The molecule has 0 aromatic carbocycles. The van der Waals surface area contributed by atoms with Gasteiger partial charge in [0.15, 0.2) is 0 Å². The van der Waals surface area contributed by atoms with Crippen LogP contribution < -0.4 is 0 Å². The Bertz CT molecular complexity index is 75.8. The highest BCUT2D eigenvalue weighted by Crippen LogP contribution is 2.18. The molecule has 0 aromatic rings. The van der Waals surface area contributed by atoms with Crippen LogP contribution in [0.1, 0.15) is 0 Å². The summed E-state index contributed by atoms with van der Waals surface area (Å²) in [4.78, 5) is -3.23. The Morgan fingerprint density at radius 1 is 1.67 bits per heavy atom. The molecule has 33 valence electrons. The summed E-state index contributed by atoms with van der Waals surface area (Å²) in [5, 5.41) is 0. The Morgan fingerprint density at radius 2 is 1.83 bits per heavy atom. The second kappa shape index (κ2) is 1.57. The van der Waals surface area contributed by atoms with Crippen molar-refractivity contribution in [2.75, 3.05) is 0 Å². The van der Waals surface area contributed by atoms with E-state index in [0.717, 1.165) is 5.92 Å². The van der Waals surface area contributed by atoms with Crippen molar-refractivity contribution in [1.29, 1.82) is 0 Å². The largest absolute Gasteiger partial charge is 0.364 e. The molecular formula is C3BrF2. The lowest BCUT2D eigenvalue weighted by molar-refractivity contribution is 0.182. The normalized spacial score (nSPS) is 10.3. The average Bonchev–Trinajstić information content (AvgIpc) is 1.35. The van der Waals surface area contributed by atoms with Crippen LogP contribution in [0.2, 0.25) is 0 Å². The van der Waals surface area contributed by atoms with Crippen LogP contribution >= 0.6 is 15.9 Å². The number of halogens is 3. The maximum absolute atomic E-state index is 11.1. The zero-order valence-corrected chi connectivity index (χ0v) is 4.22. The third-order valence-electron chi connectivity index (χ3n) is 0.142. The zero-order valence-electron chi connectivity index (χ0n) is 2.63. The number of hydrogen-bond acceptors (Lipinski definition) is 0. The Labute approximate surface area is 42.7 Å². The molecule has 0 unspecified atom stereocenters. The van der Waals surface area contributed by atoms with E-state index in [1.807, 2.05) is 15.9 Å². The lowest BCUT2D eigenvalue weighted by atomic mass is 10.8. The van der Waals surface area contributed by atoms with Gasteiger partial charge in [0.25, 0.3) is 0 Å². The Kier molecular flexibility index (Phi) is 1.54. The molecule has 0 aliphatic carbocycles. The van der Waals surface area contributed by atoms with Crippen molar-refractivity contribution in [3.8, 4) is 5.92 Å². The summed E-state index contributed by atoms with van der Waals surface area (Å²) in [6, 6.07) is 0. The van der Waals surface area contributed by atoms with Crippen molar-refractivity contribution in [3.05, 3.63) is 6.42 Å². The summed E-state index contributed by atoms with van der Waals surface area (Å²) in [7, 11) is 0. The molecule has 0 fully saturated rings. The molecule has 0 saturated carbocycles. The first kappa shape index (κ1) is 5.90. The minimum absolute atomic E-state index is 0.938. The quantitative estimate of drug-likeness (QED) is 0.366. The van der Waals surface area contributed by atoms with E-state index in [1.54, 1.807) is 0 Å². The molecule has 0 amide bonds. The standard InChI is InChI=1S/C3BrF2/c1-2-3(4,5)6. The van der Waals surface area contributed by atoms with Gasteiger partial charge in [-0.1, -0.05) is 0 Å². The van der Waals surface area contributed by atoms with E-state index in [1.165, 1.54) is 0 Å². The highest BCUT2D eigenvalue weighted by molar-refractivity contribution is 9.10. The second-order valence-corrected chi connectivity index (χ2v) is 1.62. The van der Waals surface area contributed by atoms with Crippen molar-refractivity contribution in [3.63, 3.8) is 0 Å². The predicted octanol–water partition coefficient (Wildman–Crippen LogP) is 1.56. The van der Waals surface area contributed by atoms with Crippen LogP contribution in [0.25, 0.3) is 0 Å². The molecule has 0 heterocycles. The third-order valence-corrected chi connectivity index (χ3v) is 0.340. The van der Waals surface area contributed by atoms with E-state index < -0.39 is 4.83 Å². The molecule has 0 aromatic heterocycles. The number of hydrogen-bond donors (Lipinski definition) is 0. The first-order chi connectivity index (χ1) is 2.56. The van der Waals surface area contributed by atoms with E-state index in [4.69, 9.17) is 6.42 Å². The molecule has 0 rings (SSSR count). The van der Waals surface area contributed by atoms with E-state index >= 15 is 0 Å². The summed E-state index contributed by atoms with van der Waals surface area (Å²) >= 11 is 1.85. The van der Waals surface area contributed by atoms with Gasteiger partial charge in [0, 0.05) is 15.9 Å². The molecule has 0 saturated heterocycles. The molecule has 0 spiro atoms. The number of alkyl halides is 3. The zero-order chi connectivity index (χ0) is 5.21. The number of rotatable bonds is 0. The SMILES string of the molecule is [C]#CC(F)(F)Br. The van der Waals surface area contributed by atoms with Crippen LogP contribution in [0.3, 0.4) is 0 Å². The highest BCUT2D eigenvalue weighted by Gasteiger charge is 2.17. The van der Waals surface area contributed by atoms with Crippen LogP contribution in [-0.2, 0) is 0 Å². The molecule has 0 bridgehead atoms. The predicted molar refractivity (Wildman–Crippen MR) is 21.0 cm³/mol. The Morgan fingerprint density at radius 3 is 1.83 bits per heavy atom. The molecule has 1 radical (unpaired) electrons. The van der Waals surface area contributed by atoms with Gasteiger partial charge in [0.1, 0.15) is 0 Å². The molecule has 3 heteroatoms. The molecular weight excluding hydrogens is 154 g/mol. The van der Waals surface area contributed by atoms with Gasteiger partial charge >= 0.3 is 4.83 Å². The second-order valence-electron chi connectivity index (χ2n) is 0.623. The summed E-state index contributed by atoms with van der Waals surface area (Å²) in [5.41, 5.74) is 0. The topological polar surface area (TPSA) is 0 Å². The minimum atomic E-state index is -3.23. The lowest BCUT2D eigenvalue weighted by Gasteiger charge is -1.90. The van der Waals surface area contributed by atoms with Gasteiger partial charge in [0.2, 0.25) is 0 Å². The summed E-state index contributed by atoms with van der Waals surface area (Å²) in [6.07, 6.45) is 5.81. The van der Waals surface area contributed by atoms with Crippen LogP contribution in [0, 0.1) is 12.3 Å². The van der Waals surface area contributed by atoms with Gasteiger partial charge in [-0.25, -0.2) is 0 Å². The minimum Gasteiger partial charge on any atom is -0.180 e. The van der Waals surface area contributed by atoms with Gasteiger partial charge in [-0.15, -0.1) is 0 Å². The first-order valence-electron chi connectivity index (χ1n) is 1.07. The maximum Gasteiger partial charge on any atom is 0.364 e. The van der Waals surface area contributed by atoms with Crippen LogP contribution in [0.5, 0.6) is 0 Å². The maximum atomic E-state index is 11.1. The Balaban J connectivity index is 3.55. The molecule has 0 N–H and O–H groups in total. The Hall–Kier alpha value is -0.100. The molecule has 6 heavy (non-hydrogen) atoms. The molecule has 0 nitrogen and oxygen atoms in total. The van der Waals surface area contributed by atoms with Crippen molar-refractivity contribution >= 4 is 15.9 Å².